The fraction of sp³-hybridized carbons (Fsp3) is 0.556. The van der Waals surface area contributed by atoms with Crippen LogP contribution in [0.15, 0.2) is 29.3 Å². The van der Waals surface area contributed by atoms with Gasteiger partial charge < -0.3 is 15.0 Å². The third kappa shape index (κ3) is 2.53. The normalized spacial score (nSPS) is 33.1. The number of hydrogen-bond acceptors (Lipinski definition) is 4. The number of para-hydroxylation sites is 1. The van der Waals surface area contributed by atoms with Crippen LogP contribution in [0.1, 0.15) is 24.8 Å². The van der Waals surface area contributed by atoms with Gasteiger partial charge in [0.1, 0.15) is 5.75 Å². The number of amides is 1. The molecule has 1 spiro atoms. The van der Waals surface area contributed by atoms with Gasteiger partial charge in [-0.3, -0.25) is 9.79 Å². The maximum absolute atomic E-state index is 12.6. The number of aliphatic imine (C=N–C) groups is 1. The molecule has 1 atom stereocenters. The van der Waals surface area contributed by atoms with Crippen molar-refractivity contribution in [3.8, 4) is 5.75 Å². The lowest BCUT2D eigenvalue weighted by Crippen LogP contribution is -2.68. The van der Waals surface area contributed by atoms with Crippen LogP contribution < -0.4 is 10.1 Å². The second-order valence-corrected chi connectivity index (χ2v) is 6.89. The van der Waals surface area contributed by atoms with Crippen LogP contribution in [0, 0.1) is 5.92 Å². The first-order valence-electron chi connectivity index (χ1n) is 8.40. The zero-order valence-corrected chi connectivity index (χ0v) is 13.5. The van der Waals surface area contributed by atoms with Crippen LogP contribution in [0.25, 0.3) is 0 Å². The van der Waals surface area contributed by atoms with Crippen LogP contribution >= 0.6 is 0 Å². The van der Waals surface area contributed by atoms with Gasteiger partial charge in [0.25, 0.3) is 0 Å². The predicted octanol–water partition coefficient (Wildman–Crippen LogP) is 1.47. The van der Waals surface area contributed by atoms with Gasteiger partial charge in [0.15, 0.2) is 0 Å². The molecule has 1 unspecified atom stereocenters. The first-order chi connectivity index (χ1) is 11.2. The Kier molecular flexibility index (Phi) is 3.60. The summed E-state index contributed by atoms with van der Waals surface area (Å²) in [5.41, 5.74) is 1.61. The van der Waals surface area contributed by atoms with Crippen LogP contribution in [-0.2, 0) is 4.79 Å². The molecule has 0 aliphatic carbocycles. The number of hydrogen-bond donors (Lipinski definition) is 1. The highest BCUT2D eigenvalue weighted by molar-refractivity contribution is 6.12. The molecule has 5 nitrogen and oxygen atoms in total. The Labute approximate surface area is 136 Å². The van der Waals surface area contributed by atoms with Gasteiger partial charge in [0.05, 0.1) is 31.3 Å². The van der Waals surface area contributed by atoms with E-state index in [0.717, 1.165) is 36.7 Å². The van der Waals surface area contributed by atoms with E-state index in [1.807, 2.05) is 24.3 Å². The van der Waals surface area contributed by atoms with Gasteiger partial charge in [0, 0.05) is 12.1 Å². The summed E-state index contributed by atoms with van der Waals surface area (Å²) < 4.78 is 5.44. The van der Waals surface area contributed by atoms with E-state index < -0.39 is 0 Å². The summed E-state index contributed by atoms with van der Waals surface area (Å²) in [6.45, 7) is 3.93. The quantitative estimate of drug-likeness (QED) is 0.899. The van der Waals surface area contributed by atoms with Crippen molar-refractivity contribution in [1.82, 2.24) is 10.2 Å². The van der Waals surface area contributed by atoms with E-state index in [0.29, 0.717) is 18.9 Å². The molecule has 4 aliphatic rings. The highest BCUT2D eigenvalue weighted by atomic mass is 16.5. The lowest BCUT2D eigenvalue weighted by Gasteiger charge is -2.52. The summed E-state index contributed by atoms with van der Waals surface area (Å²) in [4.78, 5) is 19.9. The van der Waals surface area contributed by atoms with E-state index >= 15 is 0 Å². The second kappa shape index (κ2) is 5.64. The molecule has 0 aromatic heterocycles. The summed E-state index contributed by atoms with van der Waals surface area (Å²) in [6, 6.07) is 7.81. The van der Waals surface area contributed by atoms with Crippen molar-refractivity contribution in [2.75, 3.05) is 33.3 Å². The number of carbonyl (C=O) groups is 1. The molecule has 4 aliphatic heterocycles. The number of fused-ring (bicyclic) bond motifs is 2. The first-order valence-corrected chi connectivity index (χ1v) is 8.40. The molecule has 1 aromatic rings. The van der Waals surface area contributed by atoms with Crippen molar-refractivity contribution in [2.45, 2.75) is 24.8 Å². The standard InChI is InChI=1S/C18H23N3O2/c1-23-16-5-3-2-4-14(16)15-10-17(22)20-18(11-19-15)12-21-8-6-13(18)7-9-21/h2-5,13H,6-12H2,1H3,(H,20,22). The largest absolute Gasteiger partial charge is 0.496 e. The molecule has 1 aromatic carbocycles. The van der Waals surface area contributed by atoms with E-state index in [1.54, 1.807) is 7.11 Å². The van der Waals surface area contributed by atoms with E-state index in [4.69, 9.17) is 9.73 Å². The summed E-state index contributed by atoms with van der Waals surface area (Å²) in [7, 11) is 1.66. The van der Waals surface area contributed by atoms with Crippen molar-refractivity contribution in [3.63, 3.8) is 0 Å². The molecule has 2 bridgehead atoms. The smallest absolute Gasteiger partial charge is 0.226 e. The lowest BCUT2D eigenvalue weighted by molar-refractivity contribution is -0.124. The van der Waals surface area contributed by atoms with Crippen molar-refractivity contribution in [3.05, 3.63) is 29.8 Å². The van der Waals surface area contributed by atoms with Gasteiger partial charge in [-0.1, -0.05) is 12.1 Å². The average molecular weight is 313 g/mol. The Morgan fingerprint density at radius 1 is 1.30 bits per heavy atom. The third-order valence-corrected chi connectivity index (χ3v) is 5.56. The van der Waals surface area contributed by atoms with Gasteiger partial charge in [0.2, 0.25) is 5.91 Å². The molecule has 122 valence electrons. The molecule has 5 rings (SSSR count). The predicted molar refractivity (Wildman–Crippen MR) is 89.1 cm³/mol. The first kappa shape index (κ1) is 14.7. The maximum Gasteiger partial charge on any atom is 0.226 e. The van der Waals surface area contributed by atoms with Crippen LogP contribution in [-0.4, -0.2) is 55.3 Å². The molecular formula is C18H23N3O2. The van der Waals surface area contributed by atoms with E-state index in [-0.39, 0.29) is 11.4 Å². The van der Waals surface area contributed by atoms with Gasteiger partial charge in [-0.2, -0.15) is 0 Å². The molecule has 1 N–H and O–H groups in total. The number of piperidine rings is 3. The molecule has 3 fully saturated rings. The number of carbonyl (C=O) groups excluding carboxylic acids is 1. The van der Waals surface area contributed by atoms with Crippen LogP contribution in [0.5, 0.6) is 5.75 Å². The van der Waals surface area contributed by atoms with Crippen molar-refractivity contribution in [2.24, 2.45) is 10.9 Å². The van der Waals surface area contributed by atoms with Gasteiger partial charge in [-0.15, -0.1) is 0 Å². The monoisotopic (exact) mass is 313 g/mol. The fourth-order valence-electron chi connectivity index (χ4n) is 4.36. The summed E-state index contributed by atoms with van der Waals surface area (Å²) in [5.74, 6) is 1.42. The van der Waals surface area contributed by atoms with E-state index in [2.05, 4.69) is 10.2 Å². The highest BCUT2D eigenvalue weighted by Gasteiger charge is 2.48. The number of ether oxygens (including phenoxy) is 1. The number of methoxy groups -OCH3 is 1. The Morgan fingerprint density at radius 2 is 2.09 bits per heavy atom. The molecule has 1 amide bonds. The summed E-state index contributed by atoms with van der Waals surface area (Å²) in [6.07, 6.45) is 2.66. The van der Waals surface area contributed by atoms with Crippen LogP contribution in [0.4, 0.5) is 0 Å². The minimum atomic E-state index is -0.169. The average Bonchev–Trinajstić information content (AvgIpc) is 2.74. The highest BCUT2D eigenvalue weighted by Crippen LogP contribution is 2.37. The zero-order valence-electron chi connectivity index (χ0n) is 13.5. The van der Waals surface area contributed by atoms with Gasteiger partial charge >= 0.3 is 0 Å². The molecule has 5 heteroatoms. The minimum Gasteiger partial charge on any atom is -0.496 e. The topological polar surface area (TPSA) is 53.9 Å². The summed E-state index contributed by atoms with van der Waals surface area (Å²) >= 11 is 0. The number of nitrogens with one attached hydrogen (secondary N) is 1. The molecule has 4 heterocycles. The molecule has 0 saturated carbocycles. The number of nitrogens with zero attached hydrogens (tertiary/aromatic N) is 2. The SMILES string of the molecule is COc1ccccc1C1=NCC2(CN3CCC2CC3)NC(=O)C1. The van der Waals surface area contributed by atoms with Crippen LogP contribution in [0.2, 0.25) is 0 Å². The van der Waals surface area contributed by atoms with E-state index in [9.17, 15) is 4.79 Å². The lowest BCUT2D eigenvalue weighted by atomic mass is 9.72. The Bertz CT molecular complexity index is 649. The Morgan fingerprint density at radius 3 is 2.78 bits per heavy atom. The summed E-state index contributed by atoms with van der Waals surface area (Å²) in [5, 5.41) is 3.33. The Hall–Kier alpha value is -1.88. The molecule has 23 heavy (non-hydrogen) atoms. The fourth-order valence-corrected chi connectivity index (χ4v) is 4.36. The van der Waals surface area contributed by atoms with Crippen molar-refractivity contribution < 1.29 is 9.53 Å². The van der Waals surface area contributed by atoms with Gasteiger partial charge in [-0.25, -0.2) is 0 Å². The third-order valence-electron chi connectivity index (χ3n) is 5.56. The maximum atomic E-state index is 12.6. The molecular weight excluding hydrogens is 290 g/mol. The Balaban J connectivity index is 1.67. The van der Waals surface area contributed by atoms with Crippen molar-refractivity contribution >= 4 is 11.6 Å². The number of benzene rings is 1. The zero-order chi connectivity index (χ0) is 15.9. The number of rotatable bonds is 2. The molecule has 0 radical (unpaired) electrons. The van der Waals surface area contributed by atoms with Gasteiger partial charge in [-0.05, 0) is 44.0 Å². The van der Waals surface area contributed by atoms with Crippen LogP contribution in [0.3, 0.4) is 0 Å². The molecule has 3 saturated heterocycles. The van der Waals surface area contributed by atoms with E-state index in [1.165, 1.54) is 12.8 Å². The van der Waals surface area contributed by atoms with Crippen molar-refractivity contribution in [1.29, 1.82) is 0 Å². The second-order valence-electron chi connectivity index (χ2n) is 6.89. The minimum absolute atomic E-state index is 0.0842.